The van der Waals surface area contributed by atoms with Gasteiger partial charge in [-0.1, -0.05) is 49.7 Å². The van der Waals surface area contributed by atoms with Crippen LogP contribution in [0.5, 0.6) is 0 Å². The average Bonchev–Trinajstić information content (AvgIpc) is 2.54. The van der Waals surface area contributed by atoms with Gasteiger partial charge in [0.2, 0.25) is 0 Å². The van der Waals surface area contributed by atoms with E-state index in [0.717, 1.165) is 16.3 Å². The van der Waals surface area contributed by atoms with Gasteiger partial charge < -0.3 is 10.6 Å². The maximum absolute atomic E-state index is 11.9. The molecule has 0 atom stereocenters. The van der Waals surface area contributed by atoms with Crippen LogP contribution in [-0.2, 0) is 11.8 Å². The summed E-state index contributed by atoms with van der Waals surface area (Å²) in [4.78, 5) is 16.1. The number of nitrogens with zero attached hydrogens (tertiary/aromatic N) is 1. The summed E-state index contributed by atoms with van der Waals surface area (Å²) in [5.74, 6) is 0. The van der Waals surface area contributed by atoms with Gasteiger partial charge in [-0.2, -0.15) is 0 Å². The molecule has 0 aliphatic rings. The molecule has 2 N–H and O–H groups in total. The van der Waals surface area contributed by atoms with Crippen molar-refractivity contribution in [1.29, 1.82) is 0 Å². The number of carbonyl (C=O) groups is 1. The summed E-state index contributed by atoms with van der Waals surface area (Å²) in [6, 6.07) is 13.3. The maximum atomic E-state index is 11.9. The van der Waals surface area contributed by atoms with Gasteiger partial charge in [0, 0.05) is 41.8 Å². The van der Waals surface area contributed by atoms with Crippen molar-refractivity contribution in [2.24, 2.45) is 0 Å². The van der Waals surface area contributed by atoms with Gasteiger partial charge in [0.25, 0.3) is 0 Å². The third-order valence-electron chi connectivity index (χ3n) is 3.69. The molecule has 0 saturated heterocycles. The van der Waals surface area contributed by atoms with Gasteiger partial charge in [-0.05, 0) is 23.8 Å². The molecule has 0 aliphatic carbocycles. The average molecular weight is 332 g/mol. The van der Waals surface area contributed by atoms with E-state index in [1.165, 1.54) is 0 Å². The minimum Gasteiger partial charge on any atom is -0.338 e. The van der Waals surface area contributed by atoms with Crippen molar-refractivity contribution in [3.8, 4) is 0 Å². The molecule has 0 saturated carbocycles. The first kappa shape index (κ1) is 17.3. The third-order valence-corrected chi connectivity index (χ3v) is 4.02. The summed E-state index contributed by atoms with van der Waals surface area (Å²) in [7, 11) is 0. The zero-order valence-corrected chi connectivity index (χ0v) is 14.2. The maximum Gasteiger partial charge on any atom is 0.314 e. The Hall–Kier alpha value is -2.07. The number of urea groups is 1. The Bertz CT molecular complexity index is 644. The number of rotatable bonds is 6. The summed E-state index contributed by atoms with van der Waals surface area (Å²) in [5.41, 5.74) is 1.75. The molecular formula is C18H22ClN3O. The van der Waals surface area contributed by atoms with E-state index in [4.69, 9.17) is 11.6 Å². The second-order valence-corrected chi connectivity index (χ2v) is 6.45. The molecule has 122 valence electrons. The first-order valence-electron chi connectivity index (χ1n) is 7.66. The molecule has 5 heteroatoms. The van der Waals surface area contributed by atoms with Gasteiger partial charge in [0.1, 0.15) is 0 Å². The van der Waals surface area contributed by atoms with Crippen molar-refractivity contribution in [3.63, 3.8) is 0 Å². The Labute approximate surface area is 142 Å². The van der Waals surface area contributed by atoms with E-state index in [1.807, 2.05) is 42.5 Å². The number of aromatic nitrogens is 1. The summed E-state index contributed by atoms with van der Waals surface area (Å²) >= 11 is 6.24. The monoisotopic (exact) mass is 331 g/mol. The van der Waals surface area contributed by atoms with Crippen LogP contribution in [0.1, 0.15) is 25.1 Å². The molecule has 4 nitrogen and oxygen atoms in total. The zero-order chi connectivity index (χ0) is 16.7. The van der Waals surface area contributed by atoms with Gasteiger partial charge in [-0.15, -0.1) is 0 Å². The molecule has 2 rings (SSSR count). The van der Waals surface area contributed by atoms with Crippen molar-refractivity contribution in [3.05, 3.63) is 64.9 Å². The van der Waals surface area contributed by atoms with E-state index in [-0.39, 0.29) is 11.4 Å². The molecule has 1 heterocycles. The molecule has 0 radical (unpaired) electrons. The normalized spacial score (nSPS) is 11.1. The summed E-state index contributed by atoms with van der Waals surface area (Å²) in [6.45, 7) is 5.17. The lowest BCUT2D eigenvalue weighted by molar-refractivity contribution is 0.238. The number of hydrogen-bond acceptors (Lipinski definition) is 2. The first-order chi connectivity index (χ1) is 11.0. The van der Waals surface area contributed by atoms with Crippen LogP contribution in [0.25, 0.3) is 0 Å². The third kappa shape index (κ3) is 5.25. The number of halogens is 1. The highest BCUT2D eigenvalue weighted by Gasteiger charge is 2.23. The van der Waals surface area contributed by atoms with Crippen LogP contribution in [-0.4, -0.2) is 24.1 Å². The number of carbonyl (C=O) groups excluding carboxylic acids is 1. The Kier molecular flexibility index (Phi) is 5.99. The number of amides is 2. The molecule has 0 fully saturated rings. The van der Waals surface area contributed by atoms with Crippen molar-refractivity contribution >= 4 is 17.6 Å². The highest BCUT2D eigenvalue weighted by atomic mass is 35.5. The Morgan fingerprint density at radius 1 is 1.13 bits per heavy atom. The van der Waals surface area contributed by atoms with E-state index in [9.17, 15) is 4.79 Å². The Morgan fingerprint density at radius 3 is 2.57 bits per heavy atom. The minimum atomic E-state index is -0.239. The van der Waals surface area contributed by atoms with Crippen LogP contribution in [0.3, 0.4) is 0 Å². The second-order valence-electron chi connectivity index (χ2n) is 6.04. The molecule has 2 amide bonds. The van der Waals surface area contributed by atoms with Crippen LogP contribution in [0.4, 0.5) is 4.79 Å². The van der Waals surface area contributed by atoms with Gasteiger partial charge in [0.05, 0.1) is 0 Å². The molecular weight excluding hydrogens is 310 g/mol. The molecule has 2 aromatic rings. The fraction of sp³-hybridized carbons (Fsp3) is 0.333. The number of nitrogens with one attached hydrogen (secondary N) is 2. The van der Waals surface area contributed by atoms with Crippen molar-refractivity contribution in [2.75, 3.05) is 13.1 Å². The predicted octanol–water partition coefficient (Wildman–Crippen LogP) is 3.55. The summed E-state index contributed by atoms with van der Waals surface area (Å²) in [5, 5.41) is 6.47. The summed E-state index contributed by atoms with van der Waals surface area (Å²) < 4.78 is 0. The lowest BCUT2D eigenvalue weighted by Crippen LogP contribution is -2.43. The predicted molar refractivity (Wildman–Crippen MR) is 93.8 cm³/mol. The minimum absolute atomic E-state index is 0.180. The largest absolute Gasteiger partial charge is 0.338 e. The van der Waals surface area contributed by atoms with Crippen LogP contribution in [0.2, 0.25) is 5.02 Å². The smallest absolute Gasteiger partial charge is 0.314 e. The van der Waals surface area contributed by atoms with Crippen LogP contribution < -0.4 is 10.6 Å². The number of hydrogen-bond donors (Lipinski definition) is 2. The second kappa shape index (κ2) is 7.97. The van der Waals surface area contributed by atoms with E-state index in [1.54, 1.807) is 6.20 Å². The lowest BCUT2D eigenvalue weighted by Gasteiger charge is -2.26. The highest BCUT2D eigenvalue weighted by Crippen LogP contribution is 2.28. The molecule has 0 unspecified atom stereocenters. The van der Waals surface area contributed by atoms with Gasteiger partial charge in [0.15, 0.2) is 0 Å². The lowest BCUT2D eigenvalue weighted by atomic mass is 9.84. The molecule has 0 spiro atoms. The highest BCUT2D eigenvalue weighted by molar-refractivity contribution is 6.31. The fourth-order valence-electron chi connectivity index (χ4n) is 2.32. The molecule has 23 heavy (non-hydrogen) atoms. The SMILES string of the molecule is CC(C)(CNC(=O)NCCc1ccccn1)c1ccccc1Cl. The Morgan fingerprint density at radius 2 is 1.87 bits per heavy atom. The van der Waals surface area contributed by atoms with Gasteiger partial charge in [-0.3, -0.25) is 4.98 Å². The molecule has 0 bridgehead atoms. The molecule has 0 aliphatic heterocycles. The summed E-state index contributed by atoms with van der Waals surface area (Å²) in [6.07, 6.45) is 2.46. The molecule has 1 aromatic heterocycles. The van der Waals surface area contributed by atoms with E-state index >= 15 is 0 Å². The number of benzene rings is 1. The zero-order valence-electron chi connectivity index (χ0n) is 13.5. The first-order valence-corrected chi connectivity index (χ1v) is 8.03. The van der Waals surface area contributed by atoms with Crippen molar-refractivity contribution in [1.82, 2.24) is 15.6 Å². The topological polar surface area (TPSA) is 54.0 Å². The quantitative estimate of drug-likeness (QED) is 0.850. The van der Waals surface area contributed by atoms with E-state index in [2.05, 4.69) is 29.5 Å². The van der Waals surface area contributed by atoms with E-state index < -0.39 is 0 Å². The number of pyridine rings is 1. The fourth-order valence-corrected chi connectivity index (χ4v) is 2.71. The van der Waals surface area contributed by atoms with E-state index in [0.29, 0.717) is 19.5 Å². The van der Waals surface area contributed by atoms with Crippen LogP contribution >= 0.6 is 11.6 Å². The van der Waals surface area contributed by atoms with Gasteiger partial charge >= 0.3 is 6.03 Å². The standard InChI is InChI=1S/C18H22ClN3O/c1-18(2,15-8-3-4-9-16(15)19)13-22-17(23)21-12-10-14-7-5-6-11-20-14/h3-9,11H,10,12-13H2,1-2H3,(H2,21,22,23). The van der Waals surface area contributed by atoms with Crippen LogP contribution in [0, 0.1) is 0 Å². The van der Waals surface area contributed by atoms with Crippen molar-refractivity contribution < 1.29 is 4.79 Å². The molecule has 1 aromatic carbocycles. The Balaban J connectivity index is 1.78. The van der Waals surface area contributed by atoms with Crippen molar-refractivity contribution in [2.45, 2.75) is 25.7 Å². The van der Waals surface area contributed by atoms with Gasteiger partial charge in [-0.25, -0.2) is 4.79 Å². The van der Waals surface area contributed by atoms with Crippen LogP contribution in [0.15, 0.2) is 48.7 Å².